The first-order valence-electron chi connectivity index (χ1n) is 23.3. The first-order valence-corrected chi connectivity index (χ1v) is 24.2. The minimum absolute atomic E-state index is 0.0303. The number of hydrogen-bond donors (Lipinski definition) is 5. The summed E-state index contributed by atoms with van der Waals surface area (Å²) in [6, 6.07) is 16.4. The number of aromatic nitrogens is 5. The molecule has 2 aromatic carbocycles. The number of nitrogens with one attached hydrogen (secondary N) is 5. The van der Waals surface area contributed by atoms with E-state index in [0.29, 0.717) is 18.7 Å². The van der Waals surface area contributed by atoms with Crippen molar-refractivity contribution in [1.82, 2.24) is 45.4 Å². The van der Waals surface area contributed by atoms with Gasteiger partial charge < -0.3 is 44.9 Å². The standard InChI is InChI=1S/C26H19N5O2S.C8H14N2O2.C7H14N2O.2C3H8.C2H4O2.C2H6/c1-33-26(32)24-22(18-8-6-17(7-9-18)21-11-28-14-30-21)25-23(31-24)19(12-34-25)15-2-4-16(5-3-15)20-10-27-13-29-20;1-7(11)9-6-8(12)10-4-2-3-5-10;1-8-6-7(10)9-4-2-3-5-9;2*1-3-2;1-4-2-3;1-2/h2-14,31H,1H3,(H,27,29)(H,28,30);2-6H2,1H3,(H,9,11);8H,2-6H2,1H3;2*3H2,1-2H3;2H,1H3;1-2H3. The van der Waals surface area contributed by atoms with Crippen molar-refractivity contribution >= 4 is 51.7 Å². The highest BCUT2D eigenvalue weighted by atomic mass is 32.1. The molecule has 6 aromatic rings. The van der Waals surface area contributed by atoms with E-state index in [0.717, 1.165) is 94.0 Å². The fourth-order valence-corrected chi connectivity index (χ4v) is 7.80. The minimum Gasteiger partial charge on any atom is -0.471 e. The lowest BCUT2D eigenvalue weighted by molar-refractivity contribution is -0.131. The quantitative estimate of drug-likeness (QED) is 0.0649. The van der Waals surface area contributed by atoms with Crippen LogP contribution in [0.1, 0.15) is 97.5 Å². The summed E-state index contributed by atoms with van der Waals surface area (Å²) in [5, 5.41) is 7.47. The van der Waals surface area contributed by atoms with E-state index in [9.17, 15) is 19.2 Å². The lowest BCUT2D eigenvalue weighted by Crippen LogP contribution is -2.37. The molecule has 0 atom stereocenters. The van der Waals surface area contributed by atoms with Crippen LogP contribution in [0.5, 0.6) is 0 Å². The van der Waals surface area contributed by atoms with Crippen molar-refractivity contribution < 1.29 is 33.4 Å². The first-order chi connectivity index (χ1) is 33.0. The van der Waals surface area contributed by atoms with Crippen LogP contribution in [0.15, 0.2) is 79.0 Å². The molecule has 0 unspecified atom stereocenters. The van der Waals surface area contributed by atoms with Gasteiger partial charge in [-0.3, -0.25) is 19.2 Å². The number of likely N-dealkylation sites (tertiary alicyclic amines) is 2. The van der Waals surface area contributed by atoms with Crippen molar-refractivity contribution in [3.63, 3.8) is 0 Å². The smallest absolute Gasteiger partial charge is 0.355 e. The van der Waals surface area contributed by atoms with Crippen LogP contribution >= 0.6 is 11.3 Å². The van der Waals surface area contributed by atoms with Gasteiger partial charge in [0.05, 0.1) is 74.0 Å². The van der Waals surface area contributed by atoms with Crippen LogP contribution in [-0.2, 0) is 28.7 Å². The number of fused-ring (bicyclic) bond motifs is 1. The van der Waals surface area contributed by atoms with Crippen LogP contribution in [0.25, 0.3) is 55.0 Å². The maximum absolute atomic E-state index is 12.7. The summed E-state index contributed by atoms with van der Waals surface area (Å²) < 4.78 is 9.97. The van der Waals surface area contributed by atoms with Gasteiger partial charge in [0, 0.05) is 49.6 Å². The predicted molar refractivity (Wildman–Crippen MR) is 274 cm³/mol. The van der Waals surface area contributed by atoms with Crippen LogP contribution < -0.4 is 10.6 Å². The lowest BCUT2D eigenvalue weighted by atomic mass is 10.0. The van der Waals surface area contributed by atoms with E-state index in [1.165, 1.54) is 46.8 Å². The zero-order valence-corrected chi connectivity index (χ0v) is 42.4. The van der Waals surface area contributed by atoms with Crippen molar-refractivity contribution in [2.24, 2.45) is 0 Å². The molecule has 16 nitrogen and oxygen atoms in total. The highest BCUT2D eigenvalue weighted by Gasteiger charge is 2.24. The van der Waals surface area contributed by atoms with Crippen LogP contribution in [0.4, 0.5) is 0 Å². The molecule has 3 amide bonds. The maximum atomic E-state index is 12.7. The molecular weight excluding hydrogens is 883 g/mol. The van der Waals surface area contributed by atoms with E-state index in [4.69, 9.17) is 9.53 Å². The molecule has 4 aromatic heterocycles. The third kappa shape index (κ3) is 18.2. The van der Waals surface area contributed by atoms with E-state index >= 15 is 0 Å². The number of likely N-dealkylation sites (N-methyl/N-ethyl adjacent to an activating group) is 1. The number of methoxy groups -OCH3 is 2. The molecule has 2 saturated heterocycles. The summed E-state index contributed by atoms with van der Waals surface area (Å²) >= 11 is 1.61. The number of amides is 3. The molecule has 0 saturated carbocycles. The zero-order valence-electron chi connectivity index (χ0n) is 41.6. The Bertz CT molecular complexity index is 2310. The van der Waals surface area contributed by atoms with Gasteiger partial charge in [-0.2, -0.15) is 0 Å². The summed E-state index contributed by atoms with van der Waals surface area (Å²) in [5.41, 5.74) is 9.27. The van der Waals surface area contributed by atoms with Crippen molar-refractivity contribution in [2.45, 2.75) is 87.0 Å². The number of thiophene rings is 1. The van der Waals surface area contributed by atoms with Gasteiger partial charge in [0.15, 0.2) is 0 Å². The van der Waals surface area contributed by atoms with Crippen molar-refractivity contribution in [3.05, 3.63) is 84.7 Å². The molecule has 0 spiro atoms. The SMILES string of the molecule is CC.CC(=O)NCC(=O)N1CCCC1.CCC.CCC.CNCC(=O)N1CCCC1.COC(=O)c1[nH]c2c(-c3ccc(-c4cnc[nH]4)cc3)csc2c1-c1ccc(-c2cnc[nH]2)cc1.COC=O. The average molecular weight is 956 g/mol. The number of H-pyrrole nitrogens is 3. The van der Waals surface area contributed by atoms with Gasteiger partial charge in [-0.15, -0.1) is 11.3 Å². The fourth-order valence-electron chi connectivity index (χ4n) is 6.69. The fraction of sp³-hybridized carbons (Fsp3) is 0.431. The molecule has 0 radical (unpaired) electrons. The van der Waals surface area contributed by atoms with Crippen molar-refractivity contribution in [3.8, 4) is 44.8 Å². The summed E-state index contributed by atoms with van der Waals surface area (Å²) in [5.74, 6) is -0.276. The van der Waals surface area contributed by atoms with E-state index in [1.54, 1.807) is 48.3 Å². The lowest BCUT2D eigenvalue weighted by Gasteiger charge is -2.14. The van der Waals surface area contributed by atoms with Gasteiger partial charge in [0.1, 0.15) is 5.69 Å². The number of hydrogen-bond acceptors (Lipinski definition) is 11. The first kappa shape index (κ1) is 57.5. The van der Waals surface area contributed by atoms with Crippen molar-refractivity contribution in [1.29, 1.82) is 0 Å². The summed E-state index contributed by atoms with van der Waals surface area (Å²) in [7, 11) is 4.51. The van der Waals surface area contributed by atoms with Gasteiger partial charge in [0.2, 0.25) is 17.7 Å². The predicted octanol–water partition coefficient (Wildman–Crippen LogP) is 9.35. The van der Waals surface area contributed by atoms with E-state index in [1.807, 2.05) is 43.0 Å². The normalized spacial score (nSPS) is 12.0. The Labute approximate surface area is 406 Å². The monoisotopic (exact) mass is 956 g/mol. The largest absolute Gasteiger partial charge is 0.471 e. The van der Waals surface area contributed by atoms with Gasteiger partial charge in [-0.1, -0.05) is 103 Å². The number of esters is 1. The molecule has 68 heavy (non-hydrogen) atoms. The Balaban J connectivity index is 0.000000381. The molecule has 370 valence electrons. The molecular formula is C51H73N9O7S. The minimum atomic E-state index is -0.392. The summed E-state index contributed by atoms with van der Waals surface area (Å²) in [4.78, 5) is 76.0. The number of aromatic amines is 3. The van der Waals surface area contributed by atoms with Gasteiger partial charge >= 0.3 is 5.97 Å². The Morgan fingerprint density at radius 2 is 1.15 bits per heavy atom. The Hall–Kier alpha value is -6.59. The number of carbonyl (C=O) groups excluding carboxylic acids is 5. The van der Waals surface area contributed by atoms with Crippen molar-refractivity contribution in [2.75, 3.05) is 60.5 Å². The Kier molecular flexibility index (Phi) is 27.9. The highest BCUT2D eigenvalue weighted by Crippen LogP contribution is 2.42. The second-order valence-electron chi connectivity index (χ2n) is 15.2. The Morgan fingerprint density at radius 3 is 1.53 bits per heavy atom. The molecule has 0 bridgehead atoms. The molecule has 17 heteroatoms. The highest BCUT2D eigenvalue weighted by molar-refractivity contribution is 7.18. The van der Waals surface area contributed by atoms with Gasteiger partial charge in [-0.05, 0) is 55.0 Å². The number of ether oxygens (including phenoxy) is 2. The zero-order chi connectivity index (χ0) is 50.3. The van der Waals surface area contributed by atoms with Crippen LogP contribution in [0.3, 0.4) is 0 Å². The molecule has 2 fully saturated rings. The molecule has 8 rings (SSSR count). The molecule has 5 N–H and O–H groups in total. The van der Waals surface area contributed by atoms with E-state index < -0.39 is 5.97 Å². The van der Waals surface area contributed by atoms with Crippen LogP contribution in [0, 0.1) is 0 Å². The third-order valence-electron chi connectivity index (χ3n) is 9.73. The topological polar surface area (TPSA) is 208 Å². The number of carbonyl (C=O) groups is 5. The molecule has 2 aliphatic rings. The van der Waals surface area contributed by atoms with Gasteiger partial charge in [0.25, 0.3) is 6.47 Å². The molecule has 2 aliphatic heterocycles. The van der Waals surface area contributed by atoms with E-state index in [-0.39, 0.29) is 24.3 Å². The Morgan fingerprint density at radius 1 is 0.721 bits per heavy atom. The second-order valence-corrected chi connectivity index (χ2v) is 16.0. The van der Waals surface area contributed by atoms with E-state index in [2.05, 4.69) is 97.6 Å². The maximum Gasteiger partial charge on any atom is 0.355 e. The number of benzene rings is 2. The number of imidazole rings is 2. The molecule has 6 heterocycles. The van der Waals surface area contributed by atoms with Crippen LogP contribution in [0.2, 0.25) is 0 Å². The summed E-state index contributed by atoms with van der Waals surface area (Å²) in [6.07, 6.45) is 13.9. The van der Waals surface area contributed by atoms with Gasteiger partial charge in [-0.25, -0.2) is 14.8 Å². The van der Waals surface area contributed by atoms with Crippen LogP contribution in [-0.4, -0.2) is 125 Å². The number of nitrogens with zero attached hydrogens (tertiary/aromatic N) is 4. The average Bonchev–Trinajstić information content (AvgIpc) is 4.22. The number of rotatable bonds is 10. The molecule has 0 aliphatic carbocycles. The summed E-state index contributed by atoms with van der Waals surface area (Å²) in [6.45, 7) is 18.5. The third-order valence-corrected chi connectivity index (χ3v) is 10.7. The second kappa shape index (κ2) is 33.0.